The minimum Gasteiger partial charge on any atom is -0.208 e. The highest BCUT2D eigenvalue weighted by Crippen LogP contribution is 2.21. The van der Waals surface area contributed by atoms with Crippen molar-refractivity contribution in [2.45, 2.75) is 6.92 Å². The molecular weight excluding hydrogens is 248 g/mol. The van der Waals surface area contributed by atoms with Crippen LogP contribution in [0.4, 0.5) is 0 Å². The number of nitrogens with zero attached hydrogens (tertiary/aromatic N) is 2. The molecule has 0 saturated heterocycles. The number of aryl methyl sites for hydroxylation is 1. The first kappa shape index (κ1) is 8.84. The smallest absolute Gasteiger partial charge is 0.179 e. The van der Waals surface area contributed by atoms with Gasteiger partial charge in [-0.05, 0) is 40.5 Å². The van der Waals surface area contributed by atoms with E-state index >= 15 is 0 Å². The zero-order valence-corrected chi connectivity index (χ0v) is 9.39. The van der Waals surface area contributed by atoms with Crippen molar-refractivity contribution in [1.29, 1.82) is 0 Å². The molecule has 0 spiro atoms. The van der Waals surface area contributed by atoms with E-state index in [-0.39, 0.29) is 0 Å². The summed E-state index contributed by atoms with van der Waals surface area (Å²) in [6, 6.07) is 8.17. The number of benzene rings is 1. The predicted molar refractivity (Wildman–Crippen MR) is 57.8 cm³/mol. The van der Waals surface area contributed by atoms with Crippen molar-refractivity contribution in [2.75, 3.05) is 0 Å². The predicted octanol–water partition coefficient (Wildman–Crippen LogP) is 3.28. The van der Waals surface area contributed by atoms with Gasteiger partial charge in [-0.2, -0.15) is 4.37 Å². The molecule has 0 unspecified atom stereocenters. The molecule has 0 fully saturated rings. The van der Waals surface area contributed by atoms with Gasteiger partial charge in [-0.3, -0.25) is 0 Å². The molecule has 2 rings (SSSR count). The lowest BCUT2D eigenvalue weighted by Crippen LogP contribution is -1.80. The monoisotopic (exact) mass is 254 g/mol. The van der Waals surface area contributed by atoms with Crippen LogP contribution in [0.1, 0.15) is 5.56 Å². The van der Waals surface area contributed by atoms with Gasteiger partial charge in [0.2, 0.25) is 0 Å². The van der Waals surface area contributed by atoms with Crippen LogP contribution in [-0.2, 0) is 0 Å². The van der Waals surface area contributed by atoms with Gasteiger partial charge < -0.3 is 0 Å². The van der Waals surface area contributed by atoms with Crippen molar-refractivity contribution in [3.05, 3.63) is 33.7 Å². The summed E-state index contributed by atoms with van der Waals surface area (Å²) in [5.74, 6) is 0.792. The highest BCUT2D eigenvalue weighted by atomic mass is 79.9. The molecule has 0 N–H and O–H groups in total. The molecule has 0 amide bonds. The fourth-order valence-electron chi connectivity index (χ4n) is 1.11. The van der Waals surface area contributed by atoms with Gasteiger partial charge in [0.05, 0.1) is 0 Å². The van der Waals surface area contributed by atoms with Crippen LogP contribution in [0.5, 0.6) is 0 Å². The lowest BCUT2D eigenvalue weighted by atomic mass is 10.1. The van der Waals surface area contributed by atoms with Crippen LogP contribution in [0.25, 0.3) is 11.4 Å². The fourth-order valence-corrected chi connectivity index (χ4v) is 1.93. The molecule has 13 heavy (non-hydrogen) atoms. The first-order chi connectivity index (χ1) is 6.25. The zero-order chi connectivity index (χ0) is 9.26. The maximum atomic E-state index is 4.25. The maximum absolute atomic E-state index is 4.25. The van der Waals surface area contributed by atoms with Gasteiger partial charge in [-0.15, -0.1) is 0 Å². The fraction of sp³-hybridized carbons (Fsp3) is 0.111. The van der Waals surface area contributed by atoms with Gasteiger partial charge in [0.25, 0.3) is 0 Å². The van der Waals surface area contributed by atoms with E-state index in [2.05, 4.69) is 44.3 Å². The molecule has 2 aromatic rings. The van der Waals surface area contributed by atoms with Crippen molar-refractivity contribution in [2.24, 2.45) is 0 Å². The zero-order valence-electron chi connectivity index (χ0n) is 6.99. The molecule has 0 aliphatic carbocycles. The van der Waals surface area contributed by atoms with Crippen LogP contribution in [0.3, 0.4) is 0 Å². The maximum Gasteiger partial charge on any atom is 0.179 e. The highest BCUT2D eigenvalue weighted by Gasteiger charge is 2.03. The minimum atomic E-state index is 0.792. The third kappa shape index (κ3) is 1.95. The van der Waals surface area contributed by atoms with Gasteiger partial charge in [-0.1, -0.05) is 23.8 Å². The van der Waals surface area contributed by atoms with Crippen LogP contribution in [0, 0.1) is 6.92 Å². The second kappa shape index (κ2) is 3.55. The molecule has 0 aliphatic heterocycles. The lowest BCUT2D eigenvalue weighted by Gasteiger charge is -1.95. The van der Waals surface area contributed by atoms with E-state index < -0.39 is 0 Å². The first-order valence-electron chi connectivity index (χ1n) is 3.82. The van der Waals surface area contributed by atoms with Crippen LogP contribution in [0.2, 0.25) is 0 Å². The molecule has 0 bridgehead atoms. The normalized spacial score (nSPS) is 10.3. The largest absolute Gasteiger partial charge is 0.208 e. The molecular formula is C9H7BrN2S. The first-order valence-corrected chi connectivity index (χ1v) is 5.38. The molecule has 0 radical (unpaired) electrons. The molecule has 0 aliphatic rings. The highest BCUT2D eigenvalue weighted by molar-refractivity contribution is 9.11. The summed E-state index contributed by atoms with van der Waals surface area (Å²) in [7, 11) is 0. The number of halogens is 1. The third-order valence-corrected chi connectivity index (χ3v) is 2.80. The summed E-state index contributed by atoms with van der Waals surface area (Å²) in [6.07, 6.45) is 0. The SMILES string of the molecule is Cc1cccc(-c2nsc(Br)n2)c1. The van der Waals surface area contributed by atoms with E-state index in [0.717, 1.165) is 15.3 Å². The Morgan fingerprint density at radius 3 is 2.85 bits per heavy atom. The number of rotatable bonds is 1. The van der Waals surface area contributed by atoms with E-state index in [1.807, 2.05) is 12.1 Å². The third-order valence-electron chi connectivity index (χ3n) is 1.68. The molecule has 1 aromatic heterocycles. The number of hydrogen-bond donors (Lipinski definition) is 0. The van der Waals surface area contributed by atoms with Crippen LogP contribution >= 0.6 is 27.5 Å². The van der Waals surface area contributed by atoms with Crippen molar-refractivity contribution in [1.82, 2.24) is 9.36 Å². The molecule has 1 heterocycles. The molecule has 2 nitrogen and oxygen atoms in total. The molecule has 0 atom stereocenters. The number of aromatic nitrogens is 2. The standard InChI is InChI=1S/C9H7BrN2S/c1-6-3-2-4-7(5-6)8-11-9(10)13-12-8/h2-5H,1H3. The Morgan fingerprint density at radius 2 is 2.23 bits per heavy atom. The topological polar surface area (TPSA) is 25.8 Å². The van der Waals surface area contributed by atoms with Crippen molar-refractivity contribution < 1.29 is 0 Å². The molecule has 66 valence electrons. The minimum absolute atomic E-state index is 0.792. The van der Waals surface area contributed by atoms with Gasteiger partial charge >= 0.3 is 0 Å². The molecule has 1 aromatic carbocycles. The van der Waals surface area contributed by atoms with Crippen molar-refractivity contribution >= 4 is 27.5 Å². The van der Waals surface area contributed by atoms with E-state index in [4.69, 9.17) is 0 Å². The Hall–Kier alpha value is -0.740. The van der Waals surface area contributed by atoms with Gasteiger partial charge in [0, 0.05) is 5.56 Å². The summed E-state index contributed by atoms with van der Waals surface area (Å²) in [4.78, 5) is 4.25. The quantitative estimate of drug-likeness (QED) is 0.781. The molecule has 0 saturated carbocycles. The Kier molecular flexibility index (Phi) is 2.42. The Bertz CT molecular complexity index is 425. The average molecular weight is 255 g/mol. The van der Waals surface area contributed by atoms with Crippen LogP contribution in [-0.4, -0.2) is 9.36 Å². The Balaban J connectivity index is 2.46. The van der Waals surface area contributed by atoms with Crippen LogP contribution in [0.15, 0.2) is 28.2 Å². The molecule has 4 heteroatoms. The average Bonchev–Trinajstić information content (AvgIpc) is 2.52. The van der Waals surface area contributed by atoms with E-state index in [0.29, 0.717) is 0 Å². The van der Waals surface area contributed by atoms with Crippen molar-refractivity contribution in [3.63, 3.8) is 0 Å². The van der Waals surface area contributed by atoms with E-state index in [1.54, 1.807) is 0 Å². The lowest BCUT2D eigenvalue weighted by molar-refractivity contribution is 1.29. The van der Waals surface area contributed by atoms with E-state index in [9.17, 15) is 0 Å². The van der Waals surface area contributed by atoms with Gasteiger partial charge in [-0.25, -0.2) is 4.98 Å². The van der Waals surface area contributed by atoms with Gasteiger partial charge in [0.15, 0.2) is 9.74 Å². The summed E-state index contributed by atoms with van der Waals surface area (Å²) in [5, 5.41) is 0. The van der Waals surface area contributed by atoms with E-state index in [1.165, 1.54) is 17.1 Å². The Labute approximate surface area is 88.9 Å². The summed E-state index contributed by atoms with van der Waals surface area (Å²) in [5.41, 5.74) is 2.30. The summed E-state index contributed by atoms with van der Waals surface area (Å²) in [6.45, 7) is 2.06. The summed E-state index contributed by atoms with van der Waals surface area (Å²) >= 11 is 4.65. The second-order valence-electron chi connectivity index (χ2n) is 2.74. The second-order valence-corrected chi connectivity index (χ2v) is 4.77. The summed E-state index contributed by atoms with van der Waals surface area (Å²) < 4.78 is 5.03. The van der Waals surface area contributed by atoms with Gasteiger partial charge in [0.1, 0.15) is 0 Å². The van der Waals surface area contributed by atoms with Crippen LogP contribution < -0.4 is 0 Å². The Morgan fingerprint density at radius 1 is 1.38 bits per heavy atom. The number of hydrogen-bond acceptors (Lipinski definition) is 3. The van der Waals surface area contributed by atoms with Crippen molar-refractivity contribution in [3.8, 4) is 11.4 Å².